The molecule has 1 aromatic heterocycles. The lowest BCUT2D eigenvalue weighted by molar-refractivity contribution is -0.160. The smallest absolute Gasteiger partial charge is 0.337 e. The van der Waals surface area contributed by atoms with E-state index in [1.807, 2.05) is 52.0 Å². The first-order chi connectivity index (χ1) is 19.8. The van der Waals surface area contributed by atoms with Gasteiger partial charge in [-0.3, -0.25) is 0 Å². The van der Waals surface area contributed by atoms with Crippen LogP contribution in [0, 0.1) is 18.2 Å². The van der Waals surface area contributed by atoms with Gasteiger partial charge in [0, 0.05) is 25.1 Å². The highest BCUT2D eigenvalue weighted by atomic mass is 19.1. The van der Waals surface area contributed by atoms with Crippen LogP contribution >= 0.6 is 0 Å². The number of hydrogen-bond donors (Lipinski definition) is 1. The maximum atomic E-state index is 13.2. The molecule has 1 aliphatic heterocycles. The molecule has 0 saturated carbocycles. The van der Waals surface area contributed by atoms with Gasteiger partial charge in [-0.25, -0.2) is 14.2 Å². The van der Waals surface area contributed by atoms with Crippen molar-refractivity contribution < 1.29 is 28.5 Å². The summed E-state index contributed by atoms with van der Waals surface area (Å²) in [5, 5.41) is 10.4. The van der Waals surface area contributed by atoms with Gasteiger partial charge in [0.1, 0.15) is 11.6 Å². The highest BCUT2D eigenvalue weighted by Gasteiger charge is 2.38. The molecule has 0 amide bonds. The SMILES string of the molecule is COc1nc(C)c(-c2ccc(OCCc3ccc(F)cc3)cc2)c(N2CCC(C)(C)CC2)c1C(OC(C)(C)C)C(=O)O. The number of aliphatic carboxylic acids is 1. The minimum Gasteiger partial charge on any atom is -0.493 e. The molecule has 0 spiro atoms. The maximum absolute atomic E-state index is 13.2. The number of rotatable bonds is 10. The van der Waals surface area contributed by atoms with Crippen molar-refractivity contribution in [2.75, 3.05) is 31.7 Å². The summed E-state index contributed by atoms with van der Waals surface area (Å²) in [6.07, 6.45) is 1.32. The summed E-state index contributed by atoms with van der Waals surface area (Å²) in [6, 6.07) is 14.2. The number of piperidine rings is 1. The average molecular weight is 579 g/mol. The zero-order valence-corrected chi connectivity index (χ0v) is 25.8. The second-order valence-electron chi connectivity index (χ2n) is 12.7. The largest absolute Gasteiger partial charge is 0.493 e. The number of carboxylic acids is 1. The molecule has 7 nitrogen and oxygen atoms in total. The fraction of sp³-hybridized carbons (Fsp3) is 0.471. The quantitative estimate of drug-likeness (QED) is 0.269. The molecule has 1 atom stereocenters. The van der Waals surface area contributed by atoms with Crippen LogP contribution in [0.25, 0.3) is 11.1 Å². The molecular formula is C34H43FN2O5. The van der Waals surface area contributed by atoms with Crippen molar-refractivity contribution in [3.8, 4) is 22.8 Å². The van der Waals surface area contributed by atoms with Crippen molar-refractivity contribution in [3.05, 3.63) is 71.2 Å². The third-order valence-corrected chi connectivity index (χ3v) is 7.65. The Morgan fingerprint density at radius 3 is 2.24 bits per heavy atom. The first kappa shape index (κ1) is 31.3. The van der Waals surface area contributed by atoms with Crippen LogP contribution in [0.1, 0.15) is 70.4 Å². The van der Waals surface area contributed by atoms with Gasteiger partial charge in [0.2, 0.25) is 5.88 Å². The Balaban J connectivity index is 1.75. The van der Waals surface area contributed by atoms with Crippen molar-refractivity contribution >= 4 is 11.7 Å². The Labute approximate surface area is 248 Å². The Morgan fingerprint density at radius 1 is 1.07 bits per heavy atom. The first-order valence-electron chi connectivity index (χ1n) is 14.5. The summed E-state index contributed by atoms with van der Waals surface area (Å²) in [6.45, 7) is 14.0. The monoisotopic (exact) mass is 578 g/mol. The summed E-state index contributed by atoms with van der Waals surface area (Å²) < 4.78 is 31.1. The van der Waals surface area contributed by atoms with Gasteiger partial charge in [-0.15, -0.1) is 0 Å². The van der Waals surface area contributed by atoms with Gasteiger partial charge in [-0.2, -0.15) is 0 Å². The molecule has 1 unspecified atom stereocenters. The predicted molar refractivity (Wildman–Crippen MR) is 163 cm³/mol. The van der Waals surface area contributed by atoms with Gasteiger partial charge >= 0.3 is 5.97 Å². The zero-order valence-electron chi connectivity index (χ0n) is 25.8. The fourth-order valence-electron chi connectivity index (χ4n) is 5.32. The van der Waals surface area contributed by atoms with E-state index in [1.165, 1.54) is 19.2 Å². The number of halogens is 1. The highest BCUT2D eigenvalue weighted by molar-refractivity contribution is 5.88. The van der Waals surface area contributed by atoms with Crippen LogP contribution in [-0.2, 0) is 16.0 Å². The van der Waals surface area contributed by atoms with Gasteiger partial charge in [0.05, 0.1) is 36.3 Å². The van der Waals surface area contributed by atoms with Crippen LogP contribution < -0.4 is 14.4 Å². The number of methoxy groups -OCH3 is 1. The van der Waals surface area contributed by atoms with Gasteiger partial charge in [0.25, 0.3) is 0 Å². The van der Waals surface area contributed by atoms with Gasteiger partial charge in [-0.05, 0) is 81.3 Å². The van der Waals surface area contributed by atoms with Crippen molar-refractivity contribution in [2.24, 2.45) is 5.41 Å². The molecule has 0 radical (unpaired) electrons. The molecule has 1 aliphatic rings. The summed E-state index contributed by atoms with van der Waals surface area (Å²) in [5.41, 5.74) is 4.19. The van der Waals surface area contributed by atoms with E-state index in [9.17, 15) is 14.3 Å². The first-order valence-corrected chi connectivity index (χ1v) is 14.5. The van der Waals surface area contributed by atoms with E-state index < -0.39 is 17.7 Å². The number of benzene rings is 2. The van der Waals surface area contributed by atoms with Crippen molar-refractivity contribution in [3.63, 3.8) is 0 Å². The number of carbonyl (C=O) groups is 1. The fourth-order valence-corrected chi connectivity index (χ4v) is 5.32. The molecule has 42 heavy (non-hydrogen) atoms. The molecular weight excluding hydrogens is 535 g/mol. The van der Waals surface area contributed by atoms with Crippen LogP contribution in [0.3, 0.4) is 0 Å². The van der Waals surface area contributed by atoms with E-state index >= 15 is 0 Å². The summed E-state index contributed by atoms with van der Waals surface area (Å²) >= 11 is 0. The molecule has 2 heterocycles. The average Bonchev–Trinajstić information content (AvgIpc) is 2.92. The van der Waals surface area contributed by atoms with Crippen LogP contribution in [0.15, 0.2) is 48.5 Å². The van der Waals surface area contributed by atoms with E-state index in [1.54, 1.807) is 12.1 Å². The Bertz CT molecular complexity index is 1370. The number of pyridine rings is 1. The van der Waals surface area contributed by atoms with Gasteiger partial charge < -0.3 is 24.2 Å². The summed E-state index contributed by atoms with van der Waals surface area (Å²) in [7, 11) is 1.52. The summed E-state index contributed by atoms with van der Waals surface area (Å²) in [5.74, 6) is -0.383. The molecule has 1 fully saturated rings. The van der Waals surface area contributed by atoms with Crippen molar-refractivity contribution in [1.29, 1.82) is 0 Å². The molecule has 8 heteroatoms. The molecule has 4 rings (SSSR count). The lowest BCUT2D eigenvalue weighted by atomic mass is 9.82. The van der Waals surface area contributed by atoms with Crippen molar-refractivity contribution in [1.82, 2.24) is 4.98 Å². The second-order valence-corrected chi connectivity index (χ2v) is 12.7. The number of carboxylic acid groups (broad SMARTS) is 1. The number of aryl methyl sites for hydroxylation is 1. The third-order valence-electron chi connectivity index (χ3n) is 7.65. The van der Waals surface area contributed by atoms with E-state index in [4.69, 9.17) is 19.2 Å². The molecule has 3 aromatic rings. The van der Waals surface area contributed by atoms with Crippen molar-refractivity contribution in [2.45, 2.75) is 72.5 Å². The zero-order chi connectivity index (χ0) is 30.7. The number of anilines is 1. The summed E-state index contributed by atoms with van der Waals surface area (Å²) in [4.78, 5) is 19.7. The number of aromatic nitrogens is 1. The number of nitrogens with zero attached hydrogens (tertiary/aromatic N) is 2. The Kier molecular flexibility index (Phi) is 9.46. The van der Waals surface area contributed by atoms with Crippen LogP contribution in [0.2, 0.25) is 0 Å². The minimum atomic E-state index is -1.27. The minimum absolute atomic E-state index is 0.198. The van der Waals surface area contributed by atoms with E-state index in [0.29, 0.717) is 24.3 Å². The second kappa shape index (κ2) is 12.7. The maximum Gasteiger partial charge on any atom is 0.337 e. The highest BCUT2D eigenvalue weighted by Crippen LogP contribution is 2.47. The van der Waals surface area contributed by atoms with Crippen LogP contribution in [0.4, 0.5) is 10.1 Å². The number of hydrogen-bond acceptors (Lipinski definition) is 6. The molecule has 226 valence electrons. The Morgan fingerprint density at radius 2 is 1.69 bits per heavy atom. The third kappa shape index (κ3) is 7.59. The van der Waals surface area contributed by atoms with E-state index in [2.05, 4.69) is 18.7 Å². The standard InChI is InChI=1S/C34H43FN2O5/c1-22-27(24-10-14-26(15-11-24)41-21-16-23-8-12-25(35)13-9-23)29(37-19-17-34(5,6)18-20-37)28(31(36-22)40-7)30(32(38)39)42-33(2,3)4/h8-15,30H,16-21H2,1-7H3,(H,38,39). The van der Waals surface area contributed by atoms with Gasteiger partial charge in [-0.1, -0.05) is 38.1 Å². The molecule has 0 aliphatic carbocycles. The predicted octanol–water partition coefficient (Wildman–Crippen LogP) is 7.39. The van der Waals surface area contributed by atoms with E-state index in [0.717, 1.165) is 54.0 Å². The lowest BCUT2D eigenvalue weighted by Gasteiger charge is -2.41. The molecule has 0 bridgehead atoms. The van der Waals surface area contributed by atoms with E-state index in [-0.39, 0.29) is 17.1 Å². The lowest BCUT2D eigenvalue weighted by Crippen LogP contribution is -2.39. The van der Waals surface area contributed by atoms with Gasteiger partial charge in [0.15, 0.2) is 6.10 Å². The van der Waals surface area contributed by atoms with Crippen LogP contribution in [0.5, 0.6) is 11.6 Å². The molecule has 1 N–H and O–H groups in total. The molecule has 1 saturated heterocycles. The molecule has 2 aromatic carbocycles. The normalized spacial score (nSPS) is 15.8. The topological polar surface area (TPSA) is 81.1 Å². The van der Waals surface area contributed by atoms with Crippen LogP contribution in [-0.4, -0.2) is 48.5 Å². The number of ether oxygens (including phenoxy) is 3. The Hall–Kier alpha value is -3.65.